The molecule has 11 heavy (non-hydrogen) atoms. The summed E-state index contributed by atoms with van der Waals surface area (Å²) < 4.78 is 35.4. The van der Waals surface area contributed by atoms with E-state index >= 15 is 0 Å². The van der Waals surface area contributed by atoms with Crippen LogP contribution in [0.2, 0.25) is 0 Å². The first-order valence-corrected chi connectivity index (χ1v) is 3.40. The fourth-order valence-electron chi connectivity index (χ4n) is 0.583. The van der Waals surface area contributed by atoms with Gasteiger partial charge in [-0.1, -0.05) is 6.92 Å². The van der Waals surface area contributed by atoms with E-state index in [2.05, 4.69) is 0 Å². The minimum atomic E-state index is -4.16. The summed E-state index contributed by atoms with van der Waals surface area (Å²) in [6.07, 6.45) is -4.24. The summed E-state index contributed by atoms with van der Waals surface area (Å²) >= 11 is 0. The standard InChI is InChI=1S/C7H11F3O/c1-5(7(8,9)10)3-4-6(2)11/h5H,3-4H2,1-2H3. The lowest BCUT2D eigenvalue weighted by atomic mass is 10.0. The van der Waals surface area contributed by atoms with E-state index in [1.54, 1.807) is 0 Å². The lowest BCUT2D eigenvalue weighted by molar-refractivity contribution is -0.171. The van der Waals surface area contributed by atoms with Crippen molar-refractivity contribution in [2.45, 2.75) is 32.9 Å². The number of halogens is 3. The number of ketones is 1. The van der Waals surface area contributed by atoms with E-state index in [4.69, 9.17) is 0 Å². The Morgan fingerprint density at radius 2 is 1.91 bits per heavy atom. The van der Waals surface area contributed by atoms with Crippen LogP contribution < -0.4 is 0 Å². The van der Waals surface area contributed by atoms with Gasteiger partial charge >= 0.3 is 6.18 Å². The maximum atomic E-state index is 11.8. The highest BCUT2D eigenvalue weighted by molar-refractivity contribution is 5.75. The highest BCUT2D eigenvalue weighted by Crippen LogP contribution is 2.28. The van der Waals surface area contributed by atoms with Crippen LogP contribution in [0.15, 0.2) is 0 Å². The minimum Gasteiger partial charge on any atom is -0.300 e. The van der Waals surface area contributed by atoms with Crippen molar-refractivity contribution in [2.75, 3.05) is 0 Å². The topological polar surface area (TPSA) is 17.1 Å². The normalized spacial score (nSPS) is 14.6. The van der Waals surface area contributed by atoms with Gasteiger partial charge in [-0.25, -0.2) is 0 Å². The predicted molar refractivity (Wildman–Crippen MR) is 35.1 cm³/mol. The number of alkyl halides is 3. The molecular weight excluding hydrogens is 157 g/mol. The monoisotopic (exact) mass is 168 g/mol. The van der Waals surface area contributed by atoms with Crippen molar-refractivity contribution >= 4 is 5.78 Å². The molecule has 0 N–H and O–H groups in total. The van der Waals surface area contributed by atoms with Gasteiger partial charge in [0.1, 0.15) is 5.78 Å². The van der Waals surface area contributed by atoms with E-state index in [0.29, 0.717) is 0 Å². The van der Waals surface area contributed by atoms with Crippen molar-refractivity contribution in [1.29, 1.82) is 0 Å². The van der Waals surface area contributed by atoms with E-state index in [1.165, 1.54) is 6.92 Å². The molecule has 0 radical (unpaired) electrons. The smallest absolute Gasteiger partial charge is 0.300 e. The van der Waals surface area contributed by atoms with Gasteiger partial charge in [-0.05, 0) is 13.3 Å². The summed E-state index contributed by atoms with van der Waals surface area (Å²) in [5.41, 5.74) is 0. The van der Waals surface area contributed by atoms with Gasteiger partial charge in [0.25, 0.3) is 0 Å². The Bertz CT molecular complexity index is 139. The average molecular weight is 168 g/mol. The molecule has 1 nitrogen and oxygen atoms in total. The zero-order valence-electron chi connectivity index (χ0n) is 6.53. The number of rotatable bonds is 3. The second kappa shape index (κ2) is 3.74. The Labute approximate surface area is 63.6 Å². The summed E-state index contributed by atoms with van der Waals surface area (Å²) in [5.74, 6) is -1.56. The Kier molecular flexibility index (Phi) is 3.55. The first-order valence-electron chi connectivity index (χ1n) is 3.40. The maximum absolute atomic E-state index is 11.8. The first kappa shape index (κ1) is 10.5. The van der Waals surface area contributed by atoms with Crippen LogP contribution in [0.1, 0.15) is 26.7 Å². The third-order valence-electron chi connectivity index (χ3n) is 1.49. The highest BCUT2D eigenvalue weighted by atomic mass is 19.4. The van der Waals surface area contributed by atoms with Crippen LogP contribution >= 0.6 is 0 Å². The Hall–Kier alpha value is -0.540. The van der Waals surface area contributed by atoms with E-state index in [9.17, 15) is 18.0 Å². The van der Waals surface area contributed by atoms with Gasteiger partial charge in [0.2, 0.25) is 0 Å². The molecule has 0 aliphatic rings. The van der Waals surface area contributed by atoms with Gasteiger partial charge < -0.3 is 4.79 Å². The lowest BCUT2D eigenvalue weighted by Gasteiger charge is -2.13. The fourth-order valence-corrected chi connectivity index (χ4v) is 0.583. The Morgan fingerprint density at radius 3 is 2.18 bits per heavy atom. The third kappa shape index (κ3) is 4.81. The summed E-state index contributed by atoms with van der Waals surface area (Å²) in [5, 5.41) is 0. The van der Waals surface area contributed by atoms with E-state index < -0.39 is 12.1 Å². The molecule has 1 unspecified atom stereocenters. The molecule has 0 aromatic heterocycles. The van der Waals surface area contributed by atoms with Crippen LogP contribution in [0.3, 0.4) is 0 Å². The third-order valence-corrected chi connectivity index (χ3v) is 1.49. The lowest BCUT2D eigenvalue weighted by Crippen LogP contribution is -2.20. The molecule has 0 aromatic rings. The van der Waals surface area contributed by atoms with Crippen molar-refractivity contribution in [3.8, 4) is 0 Å². The summed E-state index contributed by atoms with van der Waals surface area (Å²) in [4.78, 5) is 10.3. The Balaban J connectivity index is 3.70. The largest absolute Gasteiger partial charge is 0.391 e. The quantitative estimate of drug-likeness (QED) is 0.632. The molecule has 0 spiro atoms. The van der Waals surface area contributed by atoms with E-state index in [0.717, 1.165) is 6.92 Å². The molecule has 0 saturated heterocycles. The highest BCUT2D eigenvalue weighted by Gasteiger charge is 2.35. The molecule has 1 atom stereocenters. The van der Waals surface area contributed by atoms with Crippen LogP contribution in [-0.2, 0) is 4.79 Å². The van der Waals surface area contributed by atoms with Gasteiger partial charge in [0.15, 0.2) is 0 Å². The number of carbonyl (C=O) groups is 1. The van der Waals surface area contributed by atoms with Gasteiger partial charge in [-0.15, -0.1) is 0 Å². The van der Waals surface area contributed by atoms with Crippen molar-refractivity contribution in [3.05, 3.63) is 0 Å². The van der Waals surface area contributed by atoms with Crippen molar-refractivity contribution < 1.29 is 18.0 Å². The van der Waals surface area contributed by atoms with Crippen LogP contribution in [-0.4, -0.2) is 12.0 Å². The molecule has 4 heteroatoms. The van der Waals surface area contributed by atoms with Gasteiger partial charge in [0, 0.05) is 6.42 Å². The molecular formula is C7H11F3O. The number of hydrogen-bond acceptors (Lipinski definition) is 1. The first-order chi connectivity index (χ1) is 4.84. The minimum absolute atomic E-state index is 0.0146. The van der Waals surface area contributed by atoms with Crippen molar-refractivity contribution in [3.63, 3.8) is 0 Å². The molecule has 0 fully saturated rings. The molecule has 0 aliphatic carbocycles. The number of carbonyl (C=O) groups excluding carboxylic acids is 1. The number of hydrogen-bond donors (Lipinski definition) is 0. The second-order valence-corrected chi connectivity index (χ2v) is 2.68. The molecule has 0 amide bonds. The van der Waals surface area contributed by atoms with E-state index in [-0.39, 0.29) is 18.6 Å². The molecule has 0 aliphatic heterocycles. The molecule has 0 saturated carbocycles. The van der Waals surface area contributed by atoms with Crippen LogP contribution in [0, 0.1) is 5.92 Å². The molecule has 66 valence electrons. The van der Waals surface area contributed by atoms with Crippen molar-refractivity contribution in [2.24, 2.45) is 5.92 Å². The SMILES string of the molecule is CC(=O)CCC(C)C(F)(F)F. The zero-order valence-corrected chi connectivity index (χ0v) is 6.53. The van der Waals surface area contributed by atoms with Gasteiger partial charge in [0.05, 0.1) is 5.92 Å². The second-order valence-electron chi connectivity index (χ2n) is 2.68. The summed E-state index contributed by atoms with van der Waals surface area (Å²) in [6.45, 7) is 2.38. The molecule has 0 bridgehead atoms. The molecule has 0 rings (SSSR count). The van der Waals surface area contributed by atoms with Gasteiger partial charge in [-0.2, -0.15) is 13.2 Å². The van der Waals surface area contributed by atoms with Crippen molar-refractivity contribution in [1.82, 2.24) is 0 Å². The average Bonchev–Trinajstić information content (AvgIpc) is 1.80. The number of Topliss-reactive ketones (excluding diaryl/α,β-unsaturated/α-hetero) is 1. The maximum Gasteiger partial charge on any atom is 0.391 e. The van der Waals surface area contributed by atoms with Crippen LogP contribution in [0.4, 0.5) is 13.2 Å². The zero-order chi connectivity index (χ0) is 9.07. The van der Waals surface area contributed by atoms with Gasteiger partial charge in [-0.3, -0.25) is 0 Å². The van der Waals surface area contributed by atoms with Crippen LogP contribution in [0.5, 0.6) is 0 Å². The molecule has 0 heterocycles. The van der Waals surface area contributed by atoms with E-state index in [1.807, 2.05) is 0 Å². The summed E-state index contributed by atoms with van der Waals surface area (Å²) in [6, 6.07) is 0. The predicted octanol–water partition coefficient (Wildman–Crippen LogP) is 2.55. The molecule has 0 aromatic carbocycles. The fraction of sp³-hybridized carbons (Fsp3) is 0.857. The summed E-state index contributed by atoms with van der Waals surface area (Å²) in [7, 11) is 0. The Morgan fingerprint density at radius 1 is 1.45 bits per heavy atom. The van der Waals surface area contributed by atoms with Crippen LogP contribution in [0.25, 0.3) is 0 Å².